The Balaban J connectivity index is 2.26. The van der Waals surface area contributed by atoms with E-state index in [1.165, 1.54) is 0 Å². The third kappa shape index (κ3) is 3.43. The van der Waals surface area contributed by atoms with Gasteiger partial charge < -0.3 is 5.73 Å². The molecule has 0 saturated heterocycles. The summed E-state index contributed by atoms with van der Waals surface area (Å²) in [7, 11) is 0. The van der Waals surface area contributed by atoms with Crippen molar-refractivity contribution < 1.29 is 4.92 Å². The van der Waals surface area contributed by atoms with Crippen molar-refractivity contribution in [3.05, 3.63) is 45.3 Å². The molecule has 2 aromatic rings. The first-order valence-corrected chi connectivity index (χ1v) is 6.90. The smallest absolute Gasteiger partial charge is 0.272 e. The number of nitrogens with zero attached hydrogens (tertiary/aromatic N) is 4. The third-order valence-electron chi connectivity index (χ3n) is 3.39. The molecule has 1 aromatic heterocycles. The number of benzene rings is 1. The van der Waals surface area contributed by atoms with Gasteiger partial charge in [0.25, 0.3) is 5.69 Å². The summed E-state index contributed by atoms with van der Waals surface area (Å²) in [4.78, 5) is 10.6. The van der Waals surface area contributed by atoms with Crippen LogP contribution in [0, 0.1) is 24.0 Å². The topological polar surface area (TPSA) is 99.9 Å². The molecule has 0 spiro atoms. The molecule has 21 heavy (non-hydrogen) atoms. The van der Waals surface area contributed by atoms with E-state index in [4.69, 9.17) is 5.73 Å². The third-order valence-corrected chi connectivity index (χ3v) is 3.39. The fourth-order valence-electron chi connectivity index (χ4n) is 2.21. The molecule has 112 valence electrons. The highest BCUT2D eigenvalue weighted by Gasteiger charge is 2.15. The molecule has 0 saturated carbocycles. The Labute approximate surface area is 122 Å². The maximum absolute atomic E-state index is 10.9. The Morgan fingerprint density at radius 1 is 1.29 bits per heavy atom. The molecular weight excluding hydrogens is 270 g/mol. The van der Waals surface area contributed by atoms with Gasteiger partial charge in [-0.2, -0.15) is 0 Å². The van der Waals surface area contributed by atoms with Crippen molar-refractivity contribution >= 4 is 5.69 Å². The fourth-order valence-corrected chi connectivity index (χ4v) is 2.21. The molecule has 0 fully saturated rings. The summed E-state index contributed by atoms with van der Waals surface area (Å²) < 4.78 is 1.67. The number of hydrogen-bond acceptors (Lipinski definition) is 5. The molecule has 0 amide bonds. The Kier molecular flexibility index (Phi) is 4.64. The lowest BCUT2D eigenvalue weighted by atomic mass is 10.1. The highest BCUT2D eigenvalue weighted by Crippen LogP contribution is 2.24. The Morgan fingerprint density at radius 2 is 2.05 bits per heavy atom. The van der Waals surface area contributed by atoms with E-state index in [0.29, 0.717) is 12.1 Å². The van der Waals surface area contributed by atoms with Crippen molar-refractivity contribution in [3.8, 4) is 5.69 Å². The number of aromatic nitrogens is 3. The first-order valence-electron chi connectivity index (χ1n) is 6.90. The van der Waals surface area contributed by atoms with Gasteiger partial charge in [-0.3, -0.25) is 10.1 Å². The minimum atomic E-state index is -0.369. The normalized spacial score (nSPS) is 10.8. The largest absolute Gasteiger partial charge is 0.330 e. The van der Waals surface area contributed by atoms with E-state index in [0.717, 1.165) is 36.2 Å². The van der Waals surface area contributed by atoms with Crippen LogP contribution in [0.1, 0.15) is 29.7 Å². The van der Waals surface area contributed by atoms with E-state index in [9.17, 15) is 10.1 Å². The van der Waals surface area contributed by atoms with Gasteiger partial charge in [-0.05, 0) is 51.3 Å². The molecule has 0 atom stereocenters. The lowest BCUT2D eigenvalue weighted by Crippen LogP contribution is -2.01. The van der Waals surface area contributed by atoms with Crippen molar-refractivity contribution in [1.29, 1.82) is 0 Å². The zero-order valence-corrected chi connectivity index (χ0v) is 12.2. The monoisotopic (exact) mass is 289 g/mol. The number of hydrogen-bond donors (Lipinski definition) is 1. The van der Waals surface area contributed by atoms with Crippen molar-refractivity contribution in [2.75, 3.05) is 6.54 Å². The number of aryl methyl sites for hydroxylation is 3. The summed E-state index contributed by atoms with van der Waals surface area (Å²) in [6.45, 7) is 4.23. The molecule has 1 heterocycles. The zero-order valence-electron chi connectivity index (χ0n) is 12.2. The number of rotatable bonds is 6. The van der Waals surface area contributed by atoms with E-state index >= 15 is 0 Å². The molecule has 7 heteroatoms. The molecule has 0 aliphatic rings. The standard InChI is InChI=1S/C14H19N5O2/c1-10-8-14(19(20)21)11(2)7-13(10)18-9-12(16-17-18)5-3-4-6-15/h7-9H,3-6,15H2,1-2H3. The number of nitro benzene ring substituents is 1. The van der Waals surface area contributed by atoms with Gasteiger partial charge in [0.1, 0.15) is 0 Å². The molecule has 0 unspecified atom stereocenters. The van der Waals surface area contributed by atoms with Crippen molar-refractivity contribution in [3.63, 3.8) is 0 Å². The lowest BCUT2D eigenvalue weighted by molar-refractivity contribution is -0.385. The molecule has 0 aliphatic carbocycles. The highest BCUT2D eigenvalue weighted by atomic mass is 16.6. The van der Waals surface area contributed by atoms with Crippen LogP contribution in [0.25, 0.3) is 5.69 Å². The van der Waals surface area contributed by atoms with Crippen LogP contribution in [0.3, 0.4) is 0 Å². The van der Waals surface area contributed by atoms with Crippen LogP contribution < -0.4 is 5.73 Å². The molecule has 2 N–H and O–H groups in total. The average Bonchev–Trinajstić information content (AvgIpc) is 2.89. The van der Waals surface area contributed by atoms with Gasteiger partial charge in [-0.25, -0.2) is 4.68 Å². The summed E-state index contributed by atoms with van der Waals surface area (Å²) in [5, 5.41) is 19.2. The Hall–Kier alpha value is -2.28. The quantitative estimate of drug-likeness (QED) is 0.498. The Morgan fingerprint density at radius 3 is 2.71 bits per heavy atom. The van der Waals surface area contributed by atoms with E-state index in [2.05, 4.69) is 10.3 Å². The molecule has 2 rings (SSSR count). The van der Waals surface area contributed by atoms with Gasteiger partial charge >= 0.3 is 0 Å². The summed E-state index contributed by atoms with van der Waals surface area (Å²) in [6.07, 6.45) is 4.64. The fraction of sp³-hybridized carbons (Fsp3) is 0.429. The second-order valence-electron chi connectivity index (χ2n) is 5.08. The average molecular weight is 289 g/mol. The van der Waals surface area contributed by atoms with Gasteiger partial charge in [0.2, 0.25) is 0 Å². The molecule has 7 nitrogen and oxygen atoms in total. The molecule has 0 radical (unpaired) electrons. The summed E-state index contributed by atoms with van der Waals surface area (Å²) >= 11 is 0. The van der Waals surface area contributed by atoms with Crippen LogP contribution in [-0.4, -0.2) is 26.5 Å². The lowest BCUT2D eigenvalue weighted by Gasteiger charge is -2.06. The number of unbranched alkanes of at least 4 members (excludes halogenated alkanes) is 1. The van der Waals surface area contributed by atoms with Crippen molar-refractivity contribution in [2.24, 2.45) is 5.73 Å². The first kappa shape index (κ1) is 15.1. The molecular formula is C14H19N5O2. The van der Waals surface area contributed by atoms with Crippen LogP contribution in [0.15, 0.2) is 18.3 Å². The van der Waals surface area contributed by atoms with E-state index in [-0.39, 0.29) is 10.6 Å². The van der Waals surface area contributed by atoms with Crippen molar-refractivity contribution in [2.45, 2.75) is 33.1 Å². The number of nitrogens with two attached hydrogens (primary N) is 1. The van der Waals surface area contributed by atoms with E-state index in [1.807, 2.05) is 13.1 Å². The van der Waals surface area contributed by atoms with Gasteiger partial charge in [0.05, 0.1) is 22.5 Å². The highest BCUT2D eigenvalue weighted by molar-refractivity contribution is 5.52. The predicted octanol–water partition coefficient (Wildman–Crippen LogP) is 2.07. The van der Waals surface area contributed by atoms with Gasteiger partial charge in [0.15, 0.2) is 0 Å². The van der Waals surface area contributed by atoms with Gasteiger partial charge in [0, 0.05) is 11.6 Å². The second kappa shape index (κ2) is 6.45. The summed E-state index contributed by atoms with van der Waals surface area (Å²) in [6, 6.07) is 3.34. The minimum absolute atomic E-state index is 0.125. The molecule has 0 bridgehead atoms. The van der Waals surface area contributed by atoms with Crippen molar-refractivity contribution in [1.82, 2.24) is 15.0 Å². The Bertz CT molecular complexity index is 651. The van der Waals surface area contributed by atoms with E-state index < -0.39 is 0 Å². The summed E-state index contributed by atoms with van der Waals surface area (Å²) in [5.74, 6) is 0. The van der Waals surface area contributed by atoms with Crippen LogP contribution in [-0.2, 0) is 6.42 Å². The summed E-state index contributed by atoms with van der Waals surface area (Å²) in [5.41, 5.74) is 8.72. The maximum atomic E-state index is 10.9. The second-order valence-corrected chi connectivity index (χ2v) is 5.08. The van der Waals surface area contributed by atoms with Crippen LogP contribution in [0.5, 0.6) is 0 Å². The van der Waals surface area contributed by atoms with Gasteiger partial charge in [-0.1, -0.05) is 5.21 Å². The van der Waals surface area contributed by atoms with Crippen LogP contribution >= 0.6 is 0 Å². The number of nitro groups is 1. The first-order chi connectivity index (χ1) is 10.0. The van der Waals surface area contributed by atoms with Gasteiger partial charge in [-0.15, -0.1) is 5.10 Å². The predicted molar refractivity (Wildman–Crippen MR) is 79.5 cm³/mol. The van der Waals surface area contributed by atoms with E-state index in [1.54, 1.807) is 23.7 Å². The SMILES string of the molecule is Cc1cc([N+](=O)[O-])c(C)cc1-n1cc(CCCCN)nn1. The molecule has 0 aliphatic heterocycles. The van der Waals surface area contributed by atoms with Crippen LogP contribution in [0.2, 0.25) is 0 Å². The molecule has 1 aromatic carbocycles. The zero-order chi connectivity index (χ0) is 15.4. The van der Waals surface area contributed by atoms with Crippen LogP contribution in [0.4, 0.5) is 5.69 Å². The maximum Gasteiger partial charge on any atom is 0.272 e. The minimum Gasteiger partial charge on any atom is -0.330 e.